The standard InChI is InChI=1S/C18H14Cl2F3N3O2.C2H6/c1-9-4-10(2-3-14(9)16(24)25-27)15-8-17(28-26-15,18(21,22)23)11-5-12(19)7-13(20)6-11;1-2/h2-7,27H,8H2,1H3,(H2,24,25);1-2H3. The van der Waals surface area contributed by atoms with Gasteiger partial charge in [-0.3, -0.25) is 0 Å². The lowest BCUT2D eigenvalue weighted by Crippen LogP contribution is -2.42. The van der Waals surface area contributed by atoms with E-state index in [1.54, 1.807) is 13.0 Å². The number of alkyl halides is 3. The van der Waals surface area contributed by atoms with Crippen LogP contribution < -0.4 is 5.73 Å². The van der Waals surface area contributed by atoms with Crippen molar-refractivity contribution in [2.24, 2.45) is 16.0 Å². The maximum Gasteiger partial charge on any atom is 0.435 e. The van der Waals surface area contributed by atoms with E-state index in [4.69, 9.17) is 39.0 Å². The maximum absolute atomic E-state index is 14.0. The SMILES string of the molecule is CC.Cc1cc(C2=NOC(c3cc(Cl)cc(Cl)c3)(C(F)(F)F)C2)ccc1/C(N)=N/O. The van der Waals surface area contributed by atoms with Crippen molar-refractivity contribution in [3.05, 3.63) is 68.7 Å². The summed E-state index contributed by atoms with van der Waals surface area (Å²) in [4.78, 5) is 4.96. The van der Waals surface area contributed by atoms with Crippen LogP contribution in [0.2, 0.25) is 10.0 Å². The predicted molar refractivity (Wildman–Crippen MR) is 111 cm³/mol. The van der Waals surface area contributed by atoms with E-state index in [1.807, 2.05) is 13.8 Å². The summed E-state index contributed by atoms with van der Waals surface area (Å²) in [6, 6.07) is 8.31. The summed E-state index contributed by atoms with van der Waals surface area (Å²) in [7, 11) is 0. The van der Waals surface area contributed by atoms with Gasteiger partial charge in [-0.25, -0.2) is 0 Å². The molecule has 3 N–H and O–H groups in total. The molecule has 0 radical (unpaired) electrons. The Hall–Kier alpha value is -2.45. The van der Waals surface area contributed by atoms with Gasteiger partial charge in [0.05, 0.1) is 5.71 Å². The van der Waals surface area contributed by atoms with E-state index in [0.29, 0.717) is 16.7 Å². The molecule has 0 amide bonds. The molecule has 5 nitrogen and oxygen atoms in total. The minimum absolute atomic E-state index is 0.0575. The summed E-state index contributed by atoms with van der Waals surface area (Å²) in [6.45, 7) is 5.68. The first-order valence-electron chi connectivity index (χ1n) is 8.94. The summed E-state index contributed by atoms with van der Waals surface area (Å²) < 4.78 is 42.0. The molecule has 0 aliphatic carbocycles. The number of hydrogen-bond donors (Lipinski definition) is 2. The summed E-state index contributed by atoms with van der Waals surface area (Å²) in [6.07, 6.45) is -5.33. The molecule has 1 heterocycles. The van der Waals surface area contributed by atoms with Gasteiger partial charge in [-0.2, -0.15) is 13.2 Å². The zero-order valence-corrected chi connectivity index (χ0v) is 17.9. The molecule has 2 aromatic carbocycles. The van der Waals surface area contributed by atoms with Crippen LogP contribution in [0.15, 0.2) is 46.7 Å². The van der Waals surface area contributed by atoms with Gasteiger partial charge in [0.25, 0.3) is 5.60 Å². The lowest BCUT2D eigenvalue weighted by molar-refractivity contribution is -0.275. The molecule has 2 aromatic rings. The van der Waals surface area contributed by atoms with Crippen LogP contribution in [0.5, 0.6) is 0 Å². The largest absolute Gasteiger partial charge is 0.435 e. The Morgan fingerprint density at radius 3 is 2.27 bits per heavy atom. The first-order chi connectivity index (χ1) is 14.1. The molecule has 162 valence electrons. The first-order valence-corrected chi connectivity index (χ1v) is 9.70. The van der Waals surface area contributed by atoms with Gasteiger partial charge in [0.2, 0.25) is 0 Å². The number of nitrogens with two attached hydrogens (primary N) is 1. The lowest BCUT2D eigenvalue weighted by Gasteiger charge is -2.29. The van der Waals surface area contributed by atoms with Gasteiger partial charge in [-0.15, -0.1) is 0 Å². The average molecular weight is 462 g/mol. The summed E-state index contributed by atoms with van der Waals surface area (Å²) in [5.74, 6) is -0.105. The molecule has 0 spiro atoms. The Kier molecular flexibility index (Phi) is 7.26. The van der Waals surface area contributed by atoms with Crippen LogP contribution in [0, 0.1) is 6.92 Å². The number of halogens is 5. The fourth-order valence-corrected chi connectivity index (χ4v) is 3.56. The number of benzene rings is 2. The molecule has 0 saturated heterocycles. The second-order valence-corrected chi connectivity index (χ2v) is 7.18. The van der Waals surface area contributed by atoms with Crippen LogP contribution in [0.1, 0.15) is 42.5 Å². The van der Waals surface area contributed by atoms with E-state index in [-0.39, 0.29) is 27.2 Å². The highest BCUT2D eigenvalue weighted by atomic mass is 35.5. The number of aryl methyl sites for hydroxylation is 1. The van der Waals surface area contributed by atoms with Crippen molar-refractivity contribution >= 4 is 34.7 Å². The van der Waals surface area contributed by atoms with Gasteiger partial charge < -0.3 is 15.8 Å². The van der Waals surface area contributed by atoms with Crippen LogP contribution in [-0.4, -0.2) is 22.9 Å². The molecule has 1 unspecified atom stereocenters. The number of rotatable bonds is 3. The number of hydrogen-bond acceptors (Lipinski definition) is 4. The quantitative estimate of drug-likeness (QED) is 0.254. The minimum Gasteiger partial charge on any atom is -0.409 e. The van der Waals surface area contributed by atoms with Gasteiger partial charge in [0.1, 0.15) is 0 Å². The second kappa shape index (κ2) is 9.14. The van der Waals surface area contributed by atoms with Crippen molar-refractivity contribution in [3.8, 4) is 0 Å². The molecule has 3 rings (SSSR count). The van der Waals surface area contributed by atoms with Crippen molar-refractivity contribution in [3.63, 3.8) is 0 Å². The number of oxime groups is 2. The van der Waals surface area contributed by atoms with Crippen LogP contribution in [0.3, 0.4) is 0 Å². The molecular weight excluding hydrogens is 442 g/mol. The predicted octanol–water partition coefficient (Wildman–Crippen LogP) is 6.00. The van der Waals surface area contributed by atoms with Crippen LogP contribution in [0.4, 0.5) is 13.2 Å². The van der Waals surface area contributed by atoms with Crippen molar-refractivity contribution < 1.29 is 23.2 Å². The Bertz CT molecular complexity index is 973. The summed E-state index contributed by atoms with van der Waals surface area (Å²) in [5.41, 5.74) is 4.22. The summed E-state index contributed by atoms with van der Waals surface area (Å²) in [5, 5.41) is 15.5. The monoisotopic (exact) mass is 461 g/mol. The van der Waals surface area contributed by atoms with Crippen LogP contribution >= 0.6 is 23.2 Å². The molecule has 0 fully saturated rings. The van der Waals surface area contributed by atoms with E-state index in [2.05, 4.69) is 10.3 Å². The van der Waals surface area contributed by atoms with Gasteiger partial charge in [-0.05, 0) is 42.3 Å². The Balaban J connectivity index is 0.00000155. The molecule has 1 aliphatic rings. The molecule has 30 heavy (non-hydrogen) atoms. The lowest BCUT2D eigenvalue weighted by atomic mass is 9.86. The van der Waals surface area contributed by atoms with Crippen molar-refractivity contribution in [2.75, 3.05) is 0 Å². The molecular formula is C20H20Cl2F3N3O2. The smallest absolute Gasteiger partial charge is 0.409 e. The second-order valence-electron chi connectivity index (χ2n) is 6.30. The average Bonchev–Trinajstić information content (AvgIpc) is 3.15. The zero-order chi connectivity index (χ0) is 22.7. The molecule has 1 atom stereocenters. The number of amidine groups is 1. The van der Waals surface area contributed by atoms with Crippen molar-refractivity contribution in [1.82, 2.24) is 0 Å². The third-order valence-electron chi connectivity index (χ3n) is 4.46. The van der Waals surface area contributed by atoms with Gasteiger partial charge in [0, 0.05) is 27.6 Å². The third-order valence-corrected chi connectivity index (χ3v) is 4.89. The van der Waals surface area contributed by atoms with Crippen LogP contribution in [0.25, 0.3) is 0 Å². The maximum atomic E-state index is 14.0. The molecule has 1 aliphatic heterocycles. The fraction of sp³-hybridized carbons (Fsp3) is 0.300. The van der Waals surface area contributed by atoms with Gasteiger partial charge in [0.15, 0.2) is 5.84 Å². The Morgan fingerprint density at radius 1 is 1.17 bits per heavy atom. The first kappa shape index (κ1) is 23.8. The number of nitrogens with zero attached hydrogens (tertiary/aromatic N) is 2. The normalized spacial score (nSPS) is 18.9. The zero-order valence-electron chi connectivity index (χ0n) is 16.4. The van der Waals surface area contributed by atoms with Crippen LogP contribution in [-0.2, 0) is 10.4 Å². The van der Waals surface area contributed by atoms with Crippen molar-refractivity contribution in [1.29, 1.82) is 0 Å². The fourth-order valence-electron chi connectivity index (χ4n) is 3.03. The highest BCUT2D eigenvalue weighted by molar-refractivity contribution is 6.34. The van der Waals surface area contributed by atoms with E-state index in [0.717, 1.165) is 12.1 Å². The van der Waals surface area contributed by atoms with Gasteiger partial charge in [-0.1, -0.05) is 59.5 Å². The van der Waals surface area contributed by atoms with Crippen molar-refractivity contribution in [2.45, 2.75) is 39.0 Å². The highest BCUT2D eigenvalue weighted by Crippen LogP contribution is 2.49. The Morgan fingerprint density at radius 2 is 1.77 bits per heavy atom. The third kappa shape index (κ3) is 4.49. The highest BCUT2D eigenvalue weighted by Gasteiger charge is 2.62. The topological polar surface area (TPSA) is 80.2 Å². The minimum atomic E-state index is -4.77. The molecule has 0 saturated carbocycles. The molecule has 0 aromatic heterocycles. The van der Waals surface area contributed by atoms with E-state index in [9.17, 15) is 13.2 Å². The van der Waals surface area contributed by atoms with E-state index < -0.39 is 18.2 Å². The van der Waals surface area contributed by atoms with Gasteiger partial charge >= 0.3 is 6.18 Å². The van der Waals surface area contributed by atoms with E-state index >= 15 is 0 Å². The Labute approximate surface area is 181 Å². The molecule has 0 bridgehead atoms. The van der Waals surface area contributed by atoms with E-state index in [1.165, 1.54) is 18.2 Å². The molecule has 10 heteroatoms. The summed E-state index contributed by atoms with van der Waals surface area (Å²) >= 11 is 11.8.